The van der Waals surface area contributed by atoms with E-state index in [0.29, 0.717) is 16.2 Å². The molecular weight excluding hydrogens is 329 g/mol. The molecule has 124 valence electrons. The summed E-state index contributed by atoms with van der Waals surface area (Å²) in [5, 5.41) is 13.4. The van der Waals surface area contributed by atoms with Crippen molar-refractivity contribution in [3.05, 3.63) is 82.6 Å². The molecule has 0 spiro atoms. The number of amides is 1. The Morgan fingerprint density at radius 2 is 1.79 bits per heavy atom. The minimum atomic E-state index is -1.27. The molecule has 0 aromatic heterocycles. The van der Waals surface area contributed by atoms with E-state index in [9.17, 15) is 14.3 Å². The number of benzene rings is 2. The van der Waals surface area contributed by atoms with Crippen molar-refractivity contribution >= 4 is 29.2 Å². The zero-order chi connectivity index (χ0) is 17.7. The van der Waals surface area contributed by atoms with Crippen molar-refractivity contribution < 1.29 is 14.3 Å². The zero-order valence-electron chi connectivity index (χ0n) is 13.1. The predicted octanol–water partition coefficient (Wildman–Crippen LogP) is 4.03. The fraction of sp³-hybridized carbons (Fsp3) is 0.105. The lowest BCUT2D eigenvalue weighted by Gasteiger charge is -2.17. The molecule has 0 radical (unpaired) electrons. The molecule has 1 atom stereocenters. The summed E-state index contributed by atoms with van der Waals surface area (Å²) >= 11 is 5.87. The van der Waals surface area contributed by atoms with Gasteiger partial charge in [0.15, 0.2) is 6.23 Å². The van der Waals surface area contributed by atoms with Crippen LogP contribution in [0.3, 0.4) is 0 Å². The first-order valence-corrected chi connectivity index (χ1v) is 7.62. The van der Waals surface area contributed by atoms with E-state index in [4.69, 9.17) is 11.6 Å². The molecule has 1 unspecified atom stereocenters. The minimum absolute atomic E-state index is 0.277. The van der Waals surface area contributed by atoms with E-state index in [1.54, 1.807) is 37.3 Å². The maximum Gasteiger partial charge on any atom is 0.248 e. The third-order valence-electron chi connectivity index (χ3n) is 3.32. The molecule has 0 saturated carbocycles. The van der Waals surface area contributed by atoms with Crippen LogP contribution in [0.2, 0.25) is 5.02 Å². The molecule has 0 bridgehead atoms. The first-order valence-electron chi connectivity index (χ1n) is 7.24. The van der Waals surface area contributed by atoms with Gasteiger partial charge in [-0.2, -0.15) is 0 Å². The van der Waals surface area contributed by atoms with Crippen LogP contribution in [0.15, 0.2) is 60.7 Å². The Balaban J connectivity index is 2.40. The number of carbonyl (C=O) groups excluding carboxylic acids is 1. The summed E-state index contributed by atoms with van der Waals surface area (Å²) < 4.78 is 13.2. The van der Waals surface area contributed by atoms with Gasteiger partial charge in [0.25, 0.3) is 0 Å². The molecule has 24 heavy (non-hydrogen) atoms. The highest BCUT2D eigenvalue weighted by atomic mass is 35.5. The summed E-state index contributed by atoms with van der Waals surface area (Å²) in [4.78, 5) is 11.8. The van der Waals surface area contributed by atoms with Crippen LogP contribution in [-0.2, 0) is 4.79 Å². The highest BCUT2D eigenvalue weighted by molar-refractivity contribution is 6.30. The summed E-state index contributed by atoms with van der Waals surface area (Å²) in [5.41, 5.74) is 2.06. The van der Waals surface area contributed by atoms with Gasteiger partial charge in [-0.25, -0.2) is 4.39 Å². The Kier molecular flexibility index (Phi) is 5.90. The summed E-state index contributed by atoms with van der Waals surface area (Å²) in [6, 6.07) is 12.6. The number of carbonyl (C=O) groups is 1. The van der Waals surface area contributed by atoms with Gasteiger partial charge in [0, 0.05) is 16.2 Å². The van der Waals surface area contributed by atoms with Gasteiger partial charge in [0.05, 0.1) is 0 Å². The van der Waals surface area contributed by atoms with Gasteiger partial charge in [-0.05, 0) is 48.4 Å². The van der Waals surface area contributed by atoms with Crippen LogP contribution in [0.4, 0.5) is 4.39 Å². The lowest BCUT2D eigenvalue weighted by Crippen LogP contribution is -2.35. The second-order valence-corrected chi connectivity index (χ2v) is 5.75. The fourth-order valence-corrected chi connectivity index (χ4v) is 2.15. The Bertz CT molecular complexity index is 767. The van der Waals surface area contributed by atoms with Gasteiger partial charge in [0.2, 0.25) is 5.91 Å². The Hall–Kier alpha value is -2.43. The van der Waals surface area contributed by atoms with Crippen molar-refractivity contribution in [2.75, 3.05) is 0 Å². The molecule has 2 aromatic carbocycles. The molecule has 0 saturated heterocycles. The molecule has 3 nitrogen and oxygen atoms in total. The molecule has 1 amide bonds. The van der Waals surface area contributed by atoms with E-state index in [1.807, 2.05) is 0 Å². The zero-order valence-corrected chi connectivity index (χ0v) is 13.8. The van der Waals surface area contributed by atoms with E-state index < -0.39 is 12.1 Å². The monoisotopic (exact) mass is 345 g/mol. The average Bonchev–Trinajstić information content (AvgIpc) is 2.55. The summed E-state index contributed by atoms with van der Waals surface area (Å²) in [6.45, 7) is 5.08. The molecule has 0 aliphatic heterocycles. The average molecular weight is 346 g/mol. The number of aliphatic hydroxyl groups is 1. The van der Waals surface area contributed by atoms with E-state index in [2.05, 4.69) is 11.9 Å². The van der Waals surface area contributed by atoms with Crippen LogP contribution in [-0.4, -0.2) is 17.2 Å². The van der Waals surface area contributed by atoms with Gasteiger partial charge < -0.3 is 10.4 Å². The molecule has 0 fully saturated rings. The maximum atomic E-state index is 13.2. The standard InChI is InChI=1S/C19H17ClFNO2/c1-12(2)18(23)22-19(24)17(14-5-9-16(21)10-6-14)11-13-3-7-15(20)8-4-13/h3-11,19,24H,1H2,2H3,(H,22,23)/b17-11+. The predicted molar refractivity (Wildman–Crippen MR) is 94.7 cm³/mol. The van der Waals surface area contributed by atoms with Crippen LogP contribution < -0.4 is 5.32 Å². The van der Waals surface area contributed by atoms with Crippen molar-refractivity contribution in [2.24, 2.45) is 0 Å². The van der Waals surface area contributed by atoms with Crippen LogP contribution >= 0.6 is 11.6 Å². The second-order valence-electron chi connectivity index (χ2n) is 5.31. The normalized spacial score (nSPS) is 12.6. The van der Waals surface area contributed by atoms with E-state index in [-0.39, 0.29) is 11.4 Å². The lowest BCUT2D eigenvalue weighted by atomic mass is 10.0. The van der Waals surface area contributed by atoms with Gasteiger partial charge >= 0.3 is 0 Å². The third-order valence-corrected chi connectivity index (χ3v) is 3.57. The van der Waals surface area contributed by atoms with Gasteiger partial charge in [-0.1, -0.05) is 42.4 Å². The molecule has 2 rings (SSSR count). The highest BCUT2D eigenvalue weighted by Gasteiger charge is 2.16. The minimum Gasteiger partial charge on any atom is -0.369 e. The van der Waals surface area contributed by atoms with E-state index in [0.717, 1.165) is 5.56 Å². The van der Waals surface area contributed by atoms with Crippen molar-refractivity contribution in [1.29, 1.82) is 0 Å². The third kappa shape index (κ3) is 4.78. The van der Waals surface area contributed by atoms with E-state index in [1.165, 1.54) is 24.3 Å². The Morgan fingerprint density at radius 3 is 2.33 bits per heavy atom. The fourth-order valence-electron chi connectivity index (χ4n) is 2.03. The van der Waals surface area contributed by atoms with Crippen LogP contribution in [0.25, 0.3) is 11.6 Å². The number of hydrogen-bond donors (Lipinski definition) is 2. The second kappa shape index (κ2) is 7.90. The van der Waals surface area contributed by atoms with Crippen molar-refractivity contribution in [1.82, 2.24) is 5.32 Å². The smallest absolute Gasteiger partial charge is 0.248 e. The van der Waals surface area contributed by atoms with Gasteiger partial charge in [-0.15, -0.1) is 0 Å². The number of halogens is 2. The number of aliphatic hydroxyl groups excluding tert-OH is 1. The quantitative estimate of drug-likeness (QED) is 0.488. The maximum absolute atomic E-state index is 13.2. The SMILES string of the molecule is C=C(C)C(=O)NC(O)/C(=C/c1ccc(Cl)cc1)c1ccc(F)cc1. The Morgan fingerprint density at radius 1 is 1.21 bits per heavy atom. The molecule has 0 heterocycles. The van der Waals surface area contributed by atoms with Gasteiger partial charge in [-0.3, -0.25) is 4.79 Å². The largest absolute Gasteiger partial charge is 0.369 e. The van der Waals surface area contributed by atoms with Crippen molar-refractivity contribution in [3.63, 3.8) is 0 Å². The molecule has 2 aromatic rings. The summed E-state index contributed by atoms with van der Waals surface area (Å²) in [7, 11) is 0. The van der Waals surface area contributed by atoms with Crippen molar-refractivity contribution in [3.8, 4) is 0 Å². The molecule has 0 aliphatic carbocycles. The molecule has 0 aliphatic rings. The number of nitrogens with one attached hydrogen (secondary N) is 1. The Labute approximate surface area is 145 Å². The first-order chi connectivity index (χ1) is 11.4. The van der Waals surface area contributed by atoms with Crippen molar-refractivity contribution in [2.45, 2.75) is 13.2 Å². The van der Waals surface area contributed by atoms with Crippen LogP contribution in [0.1, 0.15) is 18.1 Å². The van der Waals surface area contributed by atoms with Crippen LogP contribution in [0, 0.1) is 5.82 Å². The highest BCUT2D eigenvalue weighted by Crippen LogP contribution is 2.22. The molecule has 2 N–H and O–H groups in total. The first kappa shape index (κ1) is 17.9. The molecule has 5 heteroatoms. The number of rotatable bonds is 5. The van der Waals surface area contributed by atoms with Crippen LogP contribution in [0.5, 0.6) is 0 Å². The molecular formula is C19H17ClFNO2. The van der Waals surface area contributed by atoms with E-state index >= 15 is 0 Å². The summed E-state index contributed by atoms with van der Waals surface area (Å²) in [5.74, 6) is -0.850. The number of hydrogen-bond acceptors (Lipinski definition) is 2. The van der Waals surface area contributed by atoms with Gasteiger partial charge in [0.1, 0.15) is 5.82 Å². The topological polar surface area (TPSA) is 49.3 Å². The summed E-state index contributed by atoms with van der Waals surface area (Å²) in [6.07, 6.45) is 0.433. The lowest BCUT2D eigenvalue weighted by molar-refractivity contribution is -0.119.